The molecular weight excluding hydrogens is 368 g/mol. The zero-order valence-electron chi connectivity index (χ0n) is 11.9. The molecule has 0 amide bonds. The molecule has 0 aromatic carbocycles. The van der Waals surface area contributed by atoms with Gasteiger partial charge in [-0.2, -0.15) is 0 Å². The lowest BCUT2D eigenvalue weighted by Gasteiger charge is -2.22. The largest absolute Gasteiger partial charge is 0.374 e. The van der Waals surface area contributed by atoms with E-state index in [0.29, 0.717) is 0 Å². The van der Waals surface area contributed by atoms with E-state index in [2.05, 4.69) is 71.0 Å². The molecule has 108 valence electrons. The van der Waals surface area contributed by atoms with Crippen LogP contribution in [0.5, 0.6) is 0 Å². The highest BCUT2D eigenvalue weighted by Gasteiger charge is 2.12. The first-order valence-corrected chi connectivity index (χ1v) is 8.27. The Morgan fingerprint density at radius 1 is 0.947 bits per heavy atom. The fourth-order valence-electron chi connectivity index (χ4n) is 1.56. The van der Waals surface area contributed by atoms with Crippen molar-refractivity contribution in [3.05, 3.63) is 46.4 Å². The summed E-state index contributed by atoms with van der Waals surface area (Å²) in [4.78, 5) is 0. The lowest BCUT2D eigenvalue weighted by atomic mass is 10.1. The van der Waals surface area contributed by atoms with Gasteiger partial charge in [-0.3, -0.25) is 0 Å². The molecule has 1 nitrogen and oxygen atoms in total. The molecule has 0 aliphatic rings. The van der Waals surface area contributed by atoms with Gasteiger partial charge in [0.1, 0.15) is 0 Å². The summed E-state index contributed by atoms with van der Waals surface area (Å²) >= 11 is 6.88. The number of allylic oxidation sites excluding steroid dienone is 4. The highest BCUT2D eigenvalue weighted by Crippen LogP contribution is 2.17. The molecule has 0 rings (SSSR count). The van der Waals surface area contributed by atoms with Crippen LogP contribution in [0.1, 0.15) is 39.5 Å². The molecule has 19 heavy (non-hydrogen) atoms. The third kappa shape index (κ3) is 9.42. The Labute approximate surface area is 134 Å². The zero-order chi connectivity index (χ0) is 14.7. The molecule has 0 aromatic rings. The number of hydrogen-bond acceptors (Lipinski definition) is 1. The summed E-state index contributed by atoms with van der Waals surface area (Å²) in [6, 6.07) is 0. The maximum atomic E-state index is 6.14. The van der Waals surface area contributed by atoms with E-state index in [1.165, 1.54) is 0 Å². The van der Waals surface area contributed by atoms with Crippen molar-refractivity contribution in [3.63, 3.8) is 0 Å². The molecule has 0 spiro atoms. The summed E-state index contributed by atoms with van der Waals surface area (Å²) in [5, 5.41) is 0. The molecule has 0 aliphatic carbocycles. The van der Waals surface area contributed by atoms with Gasteiger partial charge in [-0.1, -0.05) is 83.2 Å². The van der Waals surface area contributed by atoms with Gasteiger partial charge in [-0.15, -0.1) is 0 Å². The molecule has 2 unspecified atom stereocenters. The highest BCUT2D eigenvalue weighted by atomic mass is 79.9. The Kier molecular flexibility index (Phi) is 11.6. The Hall–Kier alpha value is -0.120. The maximum absolute atomic E-state index is 6.14. The van der Waals surface area contributed by atoms with Crippen LogP contribution in [0.2, 0.25) is 0 Å². The quantitative estimate of drug-likeness (QED) is 0.398. The minimum atomic E-state index is 0.258. The minimum absolute atomic E-state index is 0.258. The molecule has 0 fully saturated rings. The first kappa shape index (κ1) is 18.9. The summed E-state index contributed by atoms with van der Waals surface area (Å²) in [6.07, 6.45) is 12.2. The Morgan fingerprint density at radius 3 is 1.58 bits per heavy atom. The molecule has 2 atom stereocenters. The van der Waals surface area contributed by atoms with Crippen LogP contribution >= 0.6 is 31.9 Å². The van der Waals surface area contributed by atoms with Crippen molar-refractivity contribution >= 4 is 31.9 Å². The lowest BCUT2D eigenvalue weighted by Crippen LogP contribution is -2.20. The van der Waals surface area contributed by atoms with E-state index in [1.54, 1.807) is 12.2 Å². The average Bonchev–Trinajstić information content (AvgIpc) is 2.45. The molecule has 0 aromatic heterocycles. The molecule has 3 heteroatoms. The predicted octanol–water partition coefficient (Wildman–Crippen LogP) is 6.27. The van der Waals surface area contributed by atoms with Crippen LogP contribution in [0, 0.1) is 0 Å². The molecule has 0 radical (unpaired) electrons. The molecule has 0 aliphatic heterocycles. The molecule has 0 saturated heterocycles. The molecule has 0 saturated carbocycles. The summed E-state index contributed by atoms with van der Waals surface area (Å²) in [5.41, 5.74) is 0. The van der Waals surface area contributed by atoms with Gasteiger partial charge in [-0.05, 0) is 25.7 Å². The minimum Gasteiger partial charge on any atom is -0.374 e. The van der Waals surface area contributed by atoms with E-state index < -0.39 is 0 Å². The Balaban J connectivity index is 4.39. The van der Waals surface area contributed by atoms with E-state index in [0.717, 1.165) is 34.6 Å². The standard InChI is InChI=1S/C16H24Br2O/c1-5-13(17)9-11-15(7-3)19-16(8-4)12-10-14(18)6-2/h5-6,9-10,15-16H,1-2,7-8,11-12H2,3-4H3/b13-9-,14-10-. The summed E-state index contributed by atoms with van der Waals surface area (Å²) in [6.45, 7) is 11.8. The lowest BCUT2D eigenvalue weighted by molar-refractivity contribution is -0.0120. The number of hydrogen-bond donors (Lipinski definition) is 0. The fourth-order valence-corrected chi connectivity index (χ4v) is 1.94. The van der Waals surface area contributed by atoms with Crippen LogP contribution in [0.3, 0.4) is 0 Å². The highest BCUT2D eigenvalue weighted by molar-refractivity contribution is 9.12. The van der Waals surface area contributed by atoms with Crippen molar-refractivity contribution in [2.24, 2.45) is 0 Å². The van der Waals surface area contributed by atoms with Gasteiger partial charge >= 0.3 is 0 Å². The van der Waals surface area contributed by atoms with Crippen LogP contribution in [0.4, 0.5) is 0 Å². The van der Waals surface area contributed by atoms with Crippen molar-refractivity contribution in [1.82, 2.24) is 0 Å². The first-order valence-electron chi connectivity index (χ1n) is 6.68. The smallest absolute Gasteiger partial charge is 0.0611 e. The van der Waals surface area contributed by atoms with Gasteiger partial charge in [0.05, 0.1) is 12.2 Å². The second-order valence-corrected chi connectivity index (χ2v) is 6.09. The molecule has 0 N–H and O–H groups in total. The number of ether oxygens (including phenoxy) is 1. The van der Waals surface area contributed by atoms with E-state index in [1.807, 2.05) is 0 Å². The fraction of sp³-hybridized carbons (Fsp3) is 0.500. The molecule has 0 bridgehead atoms. The first-order chi connectivity index (χ1) is 9.07. The molecule has 0 heterocycles. The number of halogens is 2. The van der Waals surface area contributed by atoms with Crippen LogP contribution in [-0.4, -0.2) is 12.2 Å². The van der Waals surface area contributed by atoms with E-state index in [9.17, 15) is 0 Å². The summed E-state index contributed by atoms with van der Waals surface area (Å²) < 4.78 is 8.19. The SMILES string of the molecule is C=C/C(Br)=C/CC(CC)OC(CC)C/C=C(\Br)C=C. The zero-order valence-corrected chi connectivity index (χ0v) is 15.0. The van der Waals surface area contributed by atoms with Crippen LogP contribution in [0.15, 0.2) is 46.4 Å². The topological polar surface area (TPSA) is 9.23 Å². The van der Waals surface area contributed by atoms with Crippen molar-refractivity contribution in [2.45, 2.75) is 51.7 Å². The summed E-state index contributed by atoms with van der Waals surface area (Å²) in [5.74, 6) is 0. The predicted molar refractivity (Wildman–Crippen MR) is 92.9 cm³/mol. The molecular formula is C16H24Br2O. The van der Waals surface area contributed by atoms with Crippen LogP contribution in [-0.2, 0) is 4.74 Å². The van der Waals surface area contributed by atoms with Gasteiger partial charge in [0.15, 0.2) is 0 Å². The van der Waals surface area contributed by atoms with Gasteiger partial charge in [0.25, 0.3) is 0 Å². The van der Waals surface area contributed by atoms with E-state index in [-0.39, 0.29) is 12.2 Å². The van der Waals surface area contributed by atoms with E-state index >= 15 is 0 Å². The second-order valence-electron chi connectivity index (χ2n) is 4.25. The van der Waals surface area contributed by atoms with Gasteiger partial charge in [0.2, 0.25) is 0 Å². The normalized spacial score (nSPS) is 16.0. The van der Waals surface area contributed by atoms with Crippen molar-refractivity contribution in [3.8, 4) is 0 Å². The van der Waals surface area contributed by atoms with Crippen molar-refractivity contribution < 1.29 is 4.74 Å². The maximum Gasteiger partial charge on any atom is 0.0611 e. The van der Waals surface area contributed by atoms with E-state index in [4.69, 9.17) is 4.74 Å². The van der Waals surface area contributed by atoms with Gasteiger partial charge in [-0.25, -0.2) is 0 Å². The van der Waals surface area contributed by atoms with Crippen LogP contribution < -0.4 is 0 Å². The monoisotopic (exact) mass is 390 g/mol. The Morgan fingerprint density at radius 2 is 1.32 bits per heavy atom. The van der Waals surface area contributed by atoms with Crippen molar-refractivity contribution in [2.75, 3.05) is 0 Å². The average molecular weight is 392 g/mol. The third-order valence-electron chi connectivity index (χ3n) is 2.84. The summed E-state index contributed by atoms with van der Waals surface area (Å²) in [7, 11) is 0. The van der Waals surface area contributed by atoms with Crippen LogP contribution in [0.25, 0.3) is 0 Å². The second kappa shape index (κ2) is 11.7. The van der Waals surface area contributed by atoms with Gasteiger partial charge < -0.3 is 4.74 Å². The number of rotatable bonds is 10. The van der Waals surface area contributed by atoms with Crippen molar-refractivity contribution in [1.29, 1.82) is 0 Å². The Bertz CT molecular complexity index is 300. The third-order valence-corrected chi connectivity index (χ3v) is 4.13. The van der Waals surface area contributed by atoms with Gasteiger partial charge in [0, 0.05) is 8.96 Å².